The fourth-order valence-corrected chi connectivity index (χ4v) is 4.30. The van der Waals surface area contributed by atoms with E-state index in [1.54, 1.807) is 23.9 Å². The van der Waals surface area contributed by atoms with Crippen LogP contribution in [0.1, 0.15) is 37.7 Å². The van der Waals surface area contributed by atoms with Gasteiger partial charge in [-0.1, -0.05) is 31.0 Å². The number of nitrogens with zero attached hydrogens (tertiary/aromatic N) is 2. The standard InChI is InChI=1S/C16H21N3O2S/c1-11-9-13(19(20)21)7-8-14(11)17-16-18-15(10-22-16)12-5-3-2-4-6-12/h7-9,12,15H,2-6,10H2,1H3,(H,17,18). The number of hydrogen-bond acceptors (Lipinski definition) is 5. The Bertz CT molecular complexity index is 597. The van der Waals surface area contributed by atoms with Gasteiger partial charge in [0, 0.05) is 23.6 Å². The number of hydrogen-bond donors (Lipinski definition) is 1. The van der Waals surface area contributed by atoms with Crippen LogP contribution in [0.25, 0.3) is 0 Å². The Labute approximate surface area is 134 Å². The Balaban J connectivity index is 1.67. The molecular weight excluding hydrogens is 298 g/mol. The van der Waals surface area contributed by atoms with E-state index < -0.39 is 0 Å². The summed E-state index contributed by atoms with van der Waals surface area (Å²) in [7, 11) is 0. The average Bonchev–Trinajstić information content (AvgIpc) is 2.98. The molecule has 0 aromatic heterocycles. The summed E-state index contributed by atoms with van der Waals surface area (Å²) in [5, 5.41) is 15.1. The number of non-ortho nitro benzene ring substituents is 1. The summed E-state index contributed by atoms with van der Waals surface area (Å²) in [5.41, 5.74) is 1.91. The molecule has 1 aromatic rings. The first kappa shape index (κ1) is 15.3. The molecule has 1 fully saturated rings. The molecule has 0 radical (unpaired) electrons. The molecule has 22 heavy (non-hydrogen) atoms. The Kier molecular flexibility index (Phi) is 4.66. The second kappa shape index (κ2) is 6.69. The zero-order valence-electron chi connectivity index (χ0n) is 12.7. The minimum atomic E-state index is -0.363. The Hall–Kier alpha value is -1.56. The van der Waals surface area contributed by atoms with E-state index in [0.717, 1.165) is 28.1 Å². The van der Waals surface area contributed by atoms with Gasteiger partial charge in [0.1, 0.15) is 0 Å². The van der Waals surface area contributed by atoms with Crippen LogP contribution >= 0.6 is 11.8 Å². The van der Waals surface area contributed by atoms with Crippen molar-refractivity contribution in [2.75, 3.05) is 11.1 Å². The lowest BCUT2D eigenvalue weighted by molar-refractivity contribution is -0.384. The third-order valence-corrected chi connectivity index (χ3v) is 5.52. The molecular formula is C16H21N3O2S. The summed E-state index contributed by atoms with van der Waals surface area (Å²) in [6, 6.07) is 5.34. The molecule has 1 unspecified atom stereocenters. The molecule has 6 heteroatoms. The third kappa shape index (κ3) is 3.43. The molecule has 1 N–H and O–H groups in total. The van der Waals surface area contributed by atoms with Crippen molar-refractivity contribution in [3.8, 4) is 0 Å². The van der Waals surface area contributed by atoms with Crippen molar-refractivity contribution in [1.29, 1.82) is 0 Å². The second-order valence-electron chi connectivity index (χ2n) is 6.09. The van der Waals surface area contributed by atoms with Gasteiger partial charge >= 0.3 is 0 Å². The number of anilines is 1. The summed E-state index contributed by atoms with van der Waals surface area (Å²) < 4.78 is 0. The van der Waals surface area contributed by atoms with Gasteiger partial charge in [-0.2, -0.15) is 0 Å². The topological polar surface area (TPSA) is 67.5 Å². The summed E-state index contributed by atoms with van der Waals surface area (Å²) in [6.45, 7) is 1.88. The van der Waals surface area contributed by atoms with Gasteiger partial charge in [0.25, 0.3) is 5.69 Å². The molecule has 0 bridgehead atoms. The number of nitro benzene ring substituents is 1. The van der Waals surface area contributed by atoms with Gasteiger partial charge in [0.2, 0.25) is 0 Å². The van der Waals surface area contributed by atoms with Crippen LogP contribution in [0, 0.1) is 23.0 Å². The van der Waals surface area contributed by atoms with Crippen LogP contribution in [0.2, 0.25) is 0 Å². The number of nitro groups is 1. The summed E-state index contributed by atoms with van der Waals surface area (Å²) in [5.74, 6) is 1.79. The Morgan fingerprint density at radius 1 is 1.32 bits per heavy atom. The highest BCUT2D eigenvalue weighted by molar-refractivity contribution is 8.14. The zero-order valence-corrected chi connectivity index (χ0v) is 13.6. The third-order valence-electron chi connectivity index (χ3n) is 4.53. The van der Waals surface area contributed by atoms with Gasteiger partial charge < -0.3 is 5.32 Å². The molecule has 1 saturated carbocycles. The first-order chi connectivity index (χ1) is 10.6. The van der Waals surface area contributed by atoms with Crippen LogP contribution in [0.4, 0.5) is 11.4 Å². The molecule has 1 aliphatic heterocycles. The highest BCUT2D eigenvalue weighted by atomic mass is 32.2. The number of nitrogens with one attached hydrogen (secondary N) is 1. The Morgan fingerprint density at radius 2 is 2.09 bits per heavy atom. The maximum Gasteiger partial charge on any atom is 0.269 e. The maximum absolute atomic E-state index is 10.8. The van der Waals surface area contributed by atoms with Crippen LogP contribution in [0.3, 0.4) is 0 Å². The van der Waals surface area contributed by atoms with E-state index in [1.807, 2.05) is 6.92 Å². The molecule has 1 heterocycles. The highest BCUT2D eigenvalue weighted by Gasteiger charge is 2.28. The fraction of sp³-hybridized carbons (Fsp3) is 0.562. The van der Waals surface area contributed by atoms with Crippen molar-refractivity contribution in [2.24, 2.45) is 10.9 Å². The van der Waals surface area contributed by atoms with Crippen molar-refractivity contribution in [3.05, 3.63) is 33.9 Å². The fourth-order valence-electron chi connectivity index (χ4n) is 3.24. The van der Waals surface area contributed by atoms with Crippen molar-refractivity contribution < 1.29 is 4.92 Å². The lowest BCUT2D eigenvalue weighted by Gasteiger charge is -2.24. The Morgan fingerprint density at radius 3 is 2.77 bits per heavy atom. The van der Waals surface area contributed by atoms with E-state index in [9.17, 15) is 10.1 Å². The monoisotopic (exact) mass is 319 g/mol. The predicted octanol–water partition coefficient (Wildman–Crippen LogP) is 4.37. The van der Waals surface area contributed by atoms with Crippen molar-refractivity contribution in [2.45, 2.75) is 45.1 Å². The molecule has 1 aliphatic carbocycles. The lowest BCUT2D eigenvalue weighted by atomic mass is 9.85. The van der Waals surface area contributed by atoms with E-state index in [0.29, 0.717) is 6.04 Å². The molecule has 1 atom stereocenters. The van der Waals surface area contributed by atoms with E-state index in [1.165, 1.54) is 38.2 Å². The average molecular weight is 319 g/mol. The molecule has 0 spiro atoms. The number of thioether (sulfide) groups is 1. The molecule has 0 amide bonds. The predicted molar refractivity (Wildman–Crippen MR) is 91.7 cm³/mol. The second-order valence-corrected chi connectivity index (χ2v) is 7.10. The quantitative estimate of drug-likeness (QED) is 0.663. The van der Waals surface area contributed by atoms with Gasteiger partial charge in [0.05, 0.1) is 11.0 Å². The van der Waals surface area contributed by atoms with Crippen LogP contribution in [0.15, 0.2) is 23.2 Å². The SMILES string of the molecule is Cc1cc([N+](=O)[O-])ccc1NC1=NC(C2CCCCC2)CS1. The maximum atomic E-state index is 10.8. The summed E-state index contributed by atoms with van der Waals surface area (Å²) in [6.07, 6.45) is 6.65. The number of aryl methyl sites for hydroxylation is 1. The first-order valence-corrected chi connectivity index (χ1v) is 8.85. The number of aliphatic imine (C=N–C) groups is 1. The van der Waals surface area contributed by atoms with E-state index in [4.69, 9.17) is 4.99 Å². The van der Waals surface area contributed by atoms with Crippen LogP contribution in [0.5, 0.6) is 0 Å². The first-order valence-electron chi connectivity index (χ1n) is 7.86. The van der Waals surface area contributed by atoms with Gasteiger partial charge in [-0.25, -0.2) is 0 Å². The molecule has 3 rings (SSSR count). The minimum Gasteiger partial charge on any atom is -0.335 e. The molecule has 118 valence electrons. The van der Waals surface area contributed by atoms with Crippen LogP contribution < -0.4 is 5.32 Å². The molecule has 2 aliphatic rings. The molecule has 1 aromatic carbocycles. The van der Waals surface area contributed by atoms with E-state index >= 15 is 0 Å². The van der Waals surface area contributed by atoms with Gasteiger partial charge in [0.15, 0.2) is 5.17 Å². The van der Waals surface area contributed by atoms with Gasteiger partial charge in [-0.05, 0) is 37.3 Å². The summed E-state index contributed by atoms with van der Waals surface area (Å²) in [4.78, 5) is 15.3. The van der Waals surface area contributed by atoms with Crippen molar-refractivity contribution >= 4 is 28.3 Å². The van der Waals surface area contributed by atoms with E-state index in [2.05, 4.69) is 5.32 Å². The normalized spacial score (nSPS) is 22.4. The lowest BCUT2D eigenvalue weighted by Crippen LogP contribution is -2.21. The number of benzene rings is 1. The molecule has 5 nitrogen and oxygen atoms in total. The van der Waals surface area contributed by atoms with Gasteiger partial charge in [-0.15, -0.1) is 0 Å². The van der Waals surface area contributed by atoms with Crippen LogP contribution in [-0.4, -0.2) is 21.9 Å². The number of rotatable bonds is 3. The van der Waals surface area contributed by atoms with Gasteiger partial charge in [-0.3, -0.25) is 15.1 Å². The van der Waals surface area contributed by atoms with Crippen LogP contribution in [-0.2, 0) is 0 Å². The number of amidine groups is 1. The molecule has 0 saturated heterocycles. The smallest absolute Gasteiger partial charge is 0.269 e. The zero-order chi connectivity index (χ0) is 15.5. The van der Waals surface area contributed by atoms with E-state index in [-0.39, 0.29) is 10.6 Å². The van der Waals surface area contributed by atoms with Crippen molar-refractivity contribution in [3.63, 3.8) is 0 Å². The largest absolute Gasteiger partial charge is 0.335 e. The summed E-state index contributed by atoms with van der Waals surface area (Å²) >= 11 is 1.76. The minimum absolute atomic E-state index is 0.129. The van der Waals surface area contributed by atoms with Crippen molar-refractivity contribution in [1.82, 2.24) is 0 Å². The highest BCUT2D eigenvalue weighted by Crippen LogP contribution is 2.34.